The van der Waals surface area contributed by atoms with Crippen LogP contribution in [0.5, 0.6) is 0 Å². The SMILES string of the molecule is N#Cc1ccccc1NC(=O)CNC(=O)Nc1ccccc1. The lowest BCUT2D eigenvalue weighted by atomic mass is 10.2. The van der Waals surface area contributed by atoms with Crippen LogP contribution < -0.4 is 16.0 Å². The van der Waals surface area contributed by atoms with Gasteiger partial charge in [0.15, 0.2) is 0 Å². The second-order valence-corrected chi connectivity index (χ2v) is 4.38. The number of anilines is 2. The molecule has 0 saturated heterocycles. The summed E-state index contributed by atoms with van der Waals surface area (Å²) >= 11 is 0. The van der Waals surface area contributed by atoms with Crippen molar-refractivity contribution in [3.8, 4) is 6.07 Å². The van der Waals surface area contributed by atoms with E-state index in [0.29, 0.717) is 16.9 Å². The second-order valence-electron chi connectivity index (χ2n) is 4.38. The number of urea groups is 1. The average Bonchev–Trinajstić information content (AvgIpc) is 2.54. The van der Waals surface area contributed by atoms with Crippen molar-refractivity contribution >= 4 is 23.3 Å². The number of hydrogen-bond donors (Lipinski definition) is 3. The standard InChI is InChI=1S/C16H14N4O2/c17-10-12-6-4-5-9-14(12)20-15(21)11-18-16(22)19-13-7-2-1-3-8-13/h1-9H,11H2,(H,20,21)(H2,18,19,22). The Balaban J connectivity index is 1.83. The van der Waals surface area contributed by atoms with Gasteiger partial charge in [-0.05, 0) is 24.3 Å². The Hall–Kier alpha value is -3.33. The molecule has 0 heterocycles. The summed E-state index contributed by atoms with van der Waals surface area (Å²) in [6.45, 7) is -0.196. The van der Waals surface area contributed by atoms with E-state index in [1.165, 1.54) is 0 Å². The van der Waals surface area contributed by atoms with Crippen molar-refractivity contribution in [2.75, 3.05) is 17.2 Å². The van der Waals surface area contributed by atoms with E-state index in [1.807, 2.05) is 12.1 Å². The van der Waals surface area contributed by atoms with Gasteiger partial charge in [-0.1, -0.05) is 30.3 Å². The highest BCUT2D eigenvalue weighted by molar-refractivity contribution is 5.97. The van der Waals surface area contributed by atoms with Crippen LogP contribution in [0.1, 0.15) is 5.56 Å². The molecule has 0 aromatic heterocycles. The molecule has 0 aliphatic carbocycles. The fourth-order valence-electron chi connectivity index (χ4n) is 1.74. The molecule has 22 heavy (non-hydrogen) atoms. The van der Waals surface area contributed by atoms with Gasteiger partial charge in [-0.15, -0.1) is 0 Å². The number of benzene rings is 2. The summed E-state index contributed by atoms with van der Waals surface area (Å²) in [4.78, 5) is 23.4. The summed E-state index contributed by atoms with van der Waals surface area (Å²) in [5.41, 5.74) is 1.42. The molecule has 2 aromatic rings. The van der Waals surface area contributed by atoms with E-state index in [9.17, 15) is 9.59 Å². The molecule has 0 saturated carbocycles. The number of para-hydroxylation sites is 2. The van der Waals surface area contributed by atoms with Crippen molar-refractivity contribution in [3.63, 3.8) is 0 Å². The predicted octanol–water partition coefficient (Wildman–Crippen LogP) is 2.32. The molecule has 0 aliphatic heterocycles. The van der Waals surface area contributed by atoms with E-state index < -0.39 is 11.9 Å². The Morgan fingerprint density at radius 1 is 0.955 bits per heavy atom. The Morgan fingerprint density at radius 3 is 2.36 bits per heavy atom. The molecule has 2 aromatic carbocycles. The van der Waals surface area contributed by atoms with Gasteiger partial charge in [0.1, 0.15) is 6.07 Å². The number of nitriles is 1. The van der Waals surface area contributed by atoms with Crippen molar-refractivity contribution in [2.45, 2.75) is 0 Å². The molecule has 0 unspecified atom stereocenters. The lowest BCUT2D eigenvalue weighted by Gasteiger charge is -2.09. The minimum atomic E-state index is -0.477. The maximum absolute atomic E-state index is 11.8. The third-order valence-electron chi connectivity index (χ3n) is 2.76. The molecule has 0 spiro atoms. The van der Waals surface area contributed by atoms with Gasteiger partial charge in [0.05, 0.1) is 17.8 Å². The van der Waals surface area contributed by atoms with Crippen LogP contribution in [-0.4, -0.2) is 18.5 Å². The maximum Gasteiger partial charge on any atom is 0.319 e. The van der Waals surface area contributed by atoms with Crippen LogP contribution in [-0.2, 0) is 4.79 Å². The van der Waals surface area contributed by atoms with E-state index in [0.717, 1.165) is 0 Å². The zero-order valence-corrected chi connectivity index (χ0v) is 11.7. The van der Waals surface area contributed by atoms with Crippen LogP contribution in [0.2, 0.25) is 0 Å². The van der Waals surface area contributed by atoms with Crippen LogP contribution in [0.4, 0.5) is 16.2 Å². The summed E-state index contributed by atoms with van der Waals surface area (Å²) in [7, 11) is 0. The fourth-order valence-corrected chi connectivity index (χ4v) is 1.74. The van der Waals surface area contributed by atoms with E-state index in [2.05, 4.69) is 16.0 Å². The van der Waals surface area contributed by atoms with Crippen molar-refractivity contribution < 1.29 is 9.59 Å². The number of nitrogens with zero attached hydrogens (tertiary/aromatic N) is 1. The number of rotatable bonds is 4. The molecule has 0 atom stereocenters. The van der Waals surface area contributed by atoms with E-state index >= 15 is 0 Å². The molecule has 0 bridgehead atoms. The summed E-state index contributed by atoms with van der Waals surface area (Å²) in [6.07, 6.45) is 0. The van der Waals surface area contributed by atoms with Crippen LogP contribution in [0.3, 0.4) is 0 Å². The molecular weight excluding hydrogens is 280 g/mol. The van der Waals surface area contributed by atoms with Gasteiger partial charge in [-0.3, -0.25) is 4.79 Å². The van der Waals surface area contributed by atoms with Crippen molar-refractivity contribution in [1.82, 2.24) is 5.32 Å². The zero-order chi connectivity index (χ0) is 15.8. The molecule has 3 N–H and O–H groups in total. The molecule has 0 fully saturated rings. The number of hydrogen-bond acceptors (Lipinski definition) is 3. The fraction of sp³-hybridized carbons (Fsp3) is 0.0625. The highest BCUT2D eigenvalue weighted by Crippen LogP contribution is 2.12. The van der Waals surface area contributed by atoms with Crippen molar-refractivity contribution in [3.05, 3.63) is 60.2 Å². The van der Waals surface area contributed by atoms with E-state index in [-0.39, 0.29) is 6.54 Å². The van der Waals surface area contributed by atoms with Crippen LogP contribution in [0.25, 0.3) is 0 Å². The van der Waals surface area contributed by atoms with E-state index in [1.54, 1.807) is 48.5 Å². The molecule has 2 rings (SSSR count). The zero-order valence-electron chi connectivity index (χ0n) is 11.7. The molecule has 3 amide bonds. The lowest BCUT2D eigenvalue weighted by Crippen LogP contribution is -2.35. The van der Waals surface area contributed by atoms with Crippen LogP contribution >= 0.6 is 0 Å². The van der Waals surface area contributed by atoms with Gasteiger partial charge >= 0.3 is 6.03 Å². The number of amides is 3. The minimum Gasteiger partial charge on any atom is -0.329 e. The topological polar surface area (TPSA) is 94.0 Å². The van der Waals surface area contributed by atoms with Gasteiger partial charge in [0, 0.05) is 5.69 Å². The monoisotopic (exact) mass is 294 g/mol. The number of carbonyl (C=O) groups excluding carboxylic acids is 2. The van der Waals surface area contributed by atoms with Gasteiger partial charge in [0.25, 0.3) is 0 Å². The summed E-state index contributed by atoms with van der Waals surface area (Å²) < 4.78 is 0. The first kappa shape index (κ1) is 15.1. The Morgan fingerprint density at radius 2 is 1.64 bits per heavy atom. The van der Waals surface area contributed by atoms with E-state index in [4.69, 9.17) is 5.26 Å². The predicted molar refractivity (Wildman–Crippen MR) is 83.3 cm³/mol. The first-order valence-electron chi connectivity index (χ1n) is 6.58. The molecule has 6 nitrogen and oxygen atoms in total. The summed E-state index contributed by atoms with van der Waals surface area (Å²) in [5.74, 6) is -0.411. The minimum absolute atomic E-state index is 0.196. The summed E-state index contributed by atoms with van der Waals surface area (Å²) in [5, 5.41) is 16.6. The number of nitrogens with one attached hydrogen (secondary N) is 3. The third-order valence-corrected chi connectivity index (χ3v) is 2.76. The van der Waals surface area contributed by atoms with Crippen molar-refractivity contribution in [1.29, 1.82) is 5.26 Å². The number of carbonyl (C=O) groups is 2. The van der Waals surface area contributed by atoms with Gasteiger partial charge in [-0.25, -0.2) is 4.79 Å². The van der Waals surface area contributed by atoms with Crippen molar-refractivity contribution in [2.24, 2.45) is 0 Å². The Bertz CT molecular complexity index is 708. The van der Waals surface area contributed by atoms with Gasteiger partial charge in [-0.2, -0.15) is 5.26 Å². The Labute approximate surface area is 127 Å². The summed E-state index contributed by atoms with van der Waals surface area (Å²) in [6, 6.07) is 17.1. The molecule has 0 radical (unpaired) electrons. The normalized spacial score (nSPS) is 9.41. The largest absolute Gasteiger partial charge is 0.329 e. The molecule has 110 valence electrons. The van der Waals surface area contributed by atoms with Crippen LogP contribution in [0.15, 0.2) is 54.6 Å². The lowest BCUT2D eigenvalue weighted by molar-refractivity contribution is -0.115. The second kappa shape index (κ2) is 7.45. The smallest absolute Gasteiger partial charge is 0.319 e. The van der Waals surface area contributed by atoms with Gasteiger partial charge in [0.2, 0.25) is 5.91 Å². The quantitative estimate of drug-likeness (QED) is 0.807. The first-order valence-corrected chi connectivity index (χ1v) is 6.58. The highest BCUT2D eigenvalue weighted by Gasteiger charge is 2.08. The first-order chi connectivity index (χ1) is 10.7. The molecule has 0 aliphatic rings. The molecule has 6 heteroatoms. The molecular formula is C16H14N4O2. The average molecular weight is 294 g/mol. The highest BCUT2D eigenvalue weighted by atomic mass is 16.2. The maximum atomic E-state index is 11.8. The Kier molecular flexibility index (Phi) is 5.10. The van der Waals surface area contributed by atoms with Gasteiger partial charge < -0.3 is 16.0 Å². The third kappa shape index (κ3) is 4.35. The van der Waals surface area contributed by atoms with Crippen LogP contribution in [0, 0.1) is 11.3 Å².